The van der Waals surface area contributed by atoms with E-state index in [-0.39, 0.29) is 11.9 Å². The fraction of sp³-hybridized carbons (Fsp3) is 0.500. The minimum Gasteiger partial charge on any atom is -0.390 e. The lowest BCUT2D eigenvalue weighted by atomic mass is 9.98. The van der Waals surface area contributed by atoms with Crippen molar-refractivity contribution < 1.29 is 9.90 Å². The molecule has 0 aliphatic rings. The fourth-order valence-electron chi connectivity index (χ4n) is 2.76. The second-order valence-corrected chi connectivity index (χ2v) is 8.68. The van der Waals surface area contributed by atoms with Gasteiger partial charge < -0.3 is 10.0 Å². The number of thiazole rings is 1. The van der Waals surface area contributed by atoms with Crippen LogP contribution in [0.15, 0.2) is 24.3 Å². The van der Waals surface area contributed by atoms with Gasteiger partial charge >= 0.3 is 0 Å². The number of benzene rings is 1. The summed E-state index contributed by atoms with van der Waals surface area (Å²) in [7, 11) is 1.82. The number of rotatable bonds is 6. The molecule has 2 aromatic rings. The van der Waals surface area contributed by atoms with E-state index in [0.717, 1.165) is 27.6 Å². The van der Waals surface area contributed by atoms with Crippen molar-refractivity contribution in [1.29, 1.82) is 0 Å². The molecule has 5 heteroatoms. The van der Waals surface area contributed by atoms with E-state index >= 15 is 0 Å². The number of carbonyl (C=O) groups excluding carboxylic acids is 1. The summed E-state index contributed by atoms with van der Waals surface area (Å²) in [5.74, 6) is -0.00779. The smallest absolute Gasteiger partial charge is 0.254 e. The number of aromatic nitrogens is 1. The van der Waals surface area contributed by atoms with Crippen molar-refractivity contribution in [3.8, 4) is 0 Å². The largest absolute Gasteiger partial charge is 0.390 e. The zero-order chi connectivity index (χ0) is 18.8. The van der Waals surface area contributed by atoms with E-state index in [4.69, 9.17) is 0 Å². The maximum atomic E-state index is 12.8. The highest BCUT2D eigenvalue weighted by atomic mass is 32.1. The first-order valence-electron chi connectivity index (χ1n) is 8.61. The third-order valence-electron chi connectivity index (χ3n) is 4.46. The molecule has 1 aromatic carbocycles. The van der Waals surface area contributed by atoms with Gasteiger partial charge in [-0.25, -0.2) is 4.98 Å². The quantitative estimate of drug-likeness (QED) is 0.836. The number of nitrogens with zero attached hydrogens (tertiary/aromatic N) is 2. The van der Waals surface area contributed by atoms with Crippen LogP contribution in [0.5, 0.6) is 0 Å². The lowest BCUT2D eigenvalue weighted by Crippen LogP contribution is -2.30. The molecule has 1 N–H and O–H groups in total. The first-order chi connectivity index (χ1) is 11.6. The molecule has 2 rings (SSSR count). The van der Waals surface area contributed by atoms with Gasteiger partial charge in [-0.3, -0.25) is 4.79 Å². The van der Waals surface area contributed by atoms with E-state index in [9.17, 15) is 9.90 Å². The van der Waals surface area contributed by atoms with Gasteiger partial charge in [0.1, 0.15) is 0 Å². The first kappa shape index (κ1) is 19.6. The van der Waals surface area contributed by atoms with Gasteiger partial charge in [0.15, 0.2) is 0 Å². The SMILES string of the molecule is Cc1nc([C@H](C)N(C)C(=O)c2ccc(CCC(C)(C)O)cc2)c(C)s1. The Morgan fingerprint density at radius 2 is 1.88 bits per heavy atom. The lowest BCUT2D eigenvalue weighted by molar-refractivity contribution is 0.0710. The van der Waals surface area contributed by atoms with E-state index in [2.05, 4.69) is 4.98 Å². The molecule has 0 fully saturated rings. The van der Waals surface area contributed by atoms with Crippen molar-refractivity contribution in [3.05, 3.63) is 51.0 Å². The van der Waals surface area contributed by atoms with Gasteiger partial charge in [0, 0.05) is 17.5 Å². The average molecular weight is 361 g/mol. The number of amides is 1. The Kier molecular flexibility index (Phi) is 6.01. The van der Waals surface area contributed by atoms with Crippen LogP contribution in [-0.4, -0.2) is 33.5 Å². The summed E-state index contributed by atoms with van der Waals surface area (Å²) >= 11 is 1.66. The molecule has 1 atom stereocenters. The van der Waals surface area contributed by atoms with Gasteiger partial charge in [-0.05, 0) is 65.2 Å². The predicted octanol–water partition coefficient (Wildman–Crippen LogP) is 4.30. The molecule has 0 aliphatic carbocycles. The van der Waals surface area contributed by atoms with Crippen LogP contribution < -0.4 is 0 Å². The Hall–Kier alpha value is -1.72. The zero-order valence-corrected chi connectivity index (χ0v) is 16.8. The van der Waals surface area contributed by atoms with Gasteiger partial charge in [0.2, 0.25) is 0 Å². The highest BCUT2D eigenvalue weighted by Crippen LogP contribution is 2.27. The molecule has 25 heavy (non-hydrogen) atoms. The maximum Gasteiger partial charge on any atom is 0.254 e. The summed E-state index contributed by atoms with van der Waals surface area (Å²) in [6.07, 6.45) is 1.49. The van der Waals surface area contributed by atoms with Crippen LogP contribution in [0.4, 0.5) is 0 Å². The molecule has 0 bridgehead atoms. The molecule has 1 aromatic heterocycles. The number of carbonyl (C=O) groups is 1. The summed E-state index contributed by atoms with van der Waals surface area (Å²) in [5.41, 5.74) is 2.10. The molecule has 0 spiro atoms. The highest BCUT2D eigenvalue weighted by molar-refractivity contribution is 7.11. The van der Waals surface area contributed by atoms with Crippen molar-refractivity contribution in [1.82, 2.24) is 9.88 Å². The van der Waals surface area contributed by atoms with Gasteiger partial charge in [-0.2, -0.15) is 0 Å². The minimum absolute atomic E-state index is 0.00779. The van der Waals surface area contributed by atoms with E-state index in [1.54, 1.807) is 16.2 Å². The van der Waals surface area contributed by atoms with E-state index in [1.165, 1.54) is 0 Å². The van der Waals surface area contributed by atoms with Crippen LogP contribution in [0, 0.1) is 13.8 Å². The zero-order valence-electron chi connectivity index (χ0n) is 16.0. The standard InChI is InChI=1S/C20H28N2O2S/c1-13(18-14(2)25-15(3)21-18)22(6)19(23)17-9-7-16(8-10-17)11-12-20(4,5)24/h7-10,13,24H,11-12H2,1-6H3/t13-/m0/s1. The molecular formula is C20H28N2O2S. The molecule has 4 nitrogen and oxygen atoms in total. The van der Waals surface area contributed by atoms with Crippen molar-refractivity contribution >= 4 is 17.2 Å². The first-order valence-corrected chi connectivity index (χ1v) is 9.42. The molecule has 0 radical (unpaired) electrons. The third kappa shape index (κ3) is 5.13. The van der Waals surface area contributed by atoms with E-state index in [0.29, 0.717) is 12.0 Å². The summed E-state index contributed by atoms with van der Waals surface area (Å²) in [6.45, 7) is 9.66. The molecule has 0 saturated heterocycles. The van der Waals surface area contributed by atoms with Crippen LogP contribution in [0.25, 0.3) is 0 Å². The molecule has 0 unspecified atom stereocenters. The van der Waals surface area contributed by atoms with Crippen LogP contribution in [-0.2, 0) is 6.42 Å². The van der Waals surface area contributed by atoms with Crippen molar-refractivity contribution in [2.75, 3.05) is 7.05 Å². The maximum absolute atomic E-state index is 12.8. The second-order valence-electron chi connectivity index (χ2n) is 7.28. The van der Waals surface area contributed by atoms with Crippen molar-refractivity contribution in [3.63, 3.8) is 0 Å². The van der Waals surface area contributed by atoms with E-state index in [1.807, 2.05) is 65.9 Å². The van der Waals surface area contributed by atoms with Crippen molar-refractivity contribution in [2.45, 2.75) is 59.1 Å². The number of hydrogen-bond donors (Lipinski definition) is 1. The number of hydrogen-bond acceptors (Lipinski definition) is 4. The molecule has 0 saturated carbocycles. The van der Waals surface area contributed by atoms with Gasteiger partial charge in [0.05, 0.1) is 22.3 Å². The Morgan fingerprint density at radius 1 is 1.28 bits per heavy atom. The normalized spacial score (nSPS) is 12.9. The van der Waals surface area contributed by atoms with Crippen LogP contribution in [0.1, 0.15) is 64.7 Å². The Morgan fingerprint density at radius 3 is 2.36 bits per heavy atom. The monoisotopic (exact) mass is 360 g/mol. The van der Waals surface area contributed by atoms with Crippen molar-refractivity contribution in [2.24, 2.45) is 0 Å². The minimum atomic E-state index is -0.673. The topological polar surface area (TPSA) is 53.4 Å². The summed E-state index contributed by atoms with van der Waals surface area (Å²) in [5, 5.41) is 10.8. The third-order valence-corrected chi connectivity index (χ3v) is 5.36. The van der Waals surface area contributed by atoms with Gasteiger partial charge in [-0.15, -0.1) is 11.3 Å². The Balaban J connectivity index is 2.07. The molecule has 1 heterocycles. The van der Waals surface area contributed by atoms with Crippen LogP contribution in [0.3, 0.4) is 0 Å². The summed E-state index contributed by atoms with van der Waals surface area (Å²) in [4.78, 5) is 20.2. The number of aryl methyl sites for hydroxylation is 3. The molecule has 0 aliphatic heterocycles. The Labute approximate surface area is 154 Å². The van der Waals surface area contributed by atoms with Gasteiger partial charge in [0.25, 0.3) is 5.91 Å². The average Bonchev–Trinajstić information content (AvgIpc) is 2.89. The lowest BCUT2D eigenvalue weighted by Gasteiger charge is -2.24. The molecular weight excluding hydrogens is 332 g/mol. The second kappa shape index (κ2) is 7.67. The van der Waals surface area contributed by atoms with Crippen LogP contribution >= 0.6 is 11.3 Å². The highest BCUT2D eigenvalue weighted by Gasteiger charge is 2.22. The summed E-state index contributed by atoms with van der Waals surface area (Å²) in [6, 6.07) is 7.60. The van der Waals surface area contributed by atoms with Crippen LogP contribution in [0.2, 0.25) is 0 Å². The molecule has 136 valence electrons. The summed E-state index contributed by atoms with van der Waals surface area (Å²) < 4.78 is 0. The Bertz CT molecular complexity index is 729. The van der Waals surface area contributed by atoms with E-state index < -0.39 is 5.60 Å². The predicted molar refractivity (Wildman–Crippen MR) is 103 cm³/mol. The van der Waals surface area contributed by atoms with Gasteiger partial charge in [-0.1, -0.05) is 12.1 Å². The fourth-order valence-corrected chi connectivity index (χ4v) is 3.67. The number of aliphatic hydroxyl groups is 1. The molecule has 1 amide bonds.